The predicted octanol–water partition coefficient (Wildman–Crippen LogP) is 2.71. The molecule has 1 unspecified atom stereocenters. The Balaban J connectivity index is 0.00000261. The molecule has 1 aromatic rings. The summed E-state index contributed by atoms with van der Waals surface area (Å²) in [5.41, 5.74) is 1.18. The van der Waals surface area contributed by atoms with E-state index in [2.05, 4.69) is 27.4 Å². The molecule has 5 nitrogen and oxygen atoms in total. The molecule has 0 radical (unpaired) electrons. The van der Waals surface area contributed by atoms with E-state index in [1.165, 1.54) is 24.3 Å². The van der Waals surface area contributed by atoms with E-state index >= 15 is 0 Å². The normalized spacial score (nSPS) is 23.7. The van der Waals surface area contributed by atoms with Gasteiger partial charge in [0.05, 0.1) is 19.8 Å². The number of halogens is 2. The number of thioether (sulfide) groups is 1. The molecule has 2 aliphatic heterocycles. The van der Waals surface area contributed by atoms with Crippen LogP contribution in [0.25, 0.3) is 0 Å². The highest BCUT2D eigenvalue weighted by Gasteiger charge is 2.40. The lowest BCUT2D eigenvalue weighted by atomic mass is 9.95. The van der Waals surface area contributed by atoms with Gasteiger partial charge in [0.25, 0.3) is 0 Å². The number of nitrogens with one attached hydrogen (secondary N) is 2. The van der Waals surface area contributed by atoms with E-state index in [-0.39, 0.29) is 35.3 Å². The number of hydrogen-bond donors (Lipinski definition) is 2. The van der Waals surface area contributed by atoms with E-state index in [0.29, 0.717) is 6.54 Å². The Bertz CT molecular complexity index is 590. The van der Waals surface area contributed by atoms with Gasteiger partial charge in [0.15, 0.2) is 5.96 Å². The van der Waals surface area contributed by atoms with E-state index in [4.69, 9.17) is 4.74 Å². The van der Waals surface area contributed by atoms with Gasteiger partial charge in [-0.2, -0.15) is 11.8 Å². The summed E-state index contributed by atoms with van der Waals surface area (Å²) < 4.78 is 18.6. The van der Waals surface area contributed by atoms with Crippen LogP contribution in [0.1, 0.15) is 18.9 Å². The third-order valence-corrected chi connectivity index (χ3v) is 6.26. The van der Waals surface area contributed by atoms with Crippen LogP contribution in [0.2, 0.25) is 0 Å². The van der Waals surface area contributed by atoms with E-state index in [1.54, 1.807) is 12.1 Å². The monoisotopic (exact) mass is 508 g/mol. The Morgan fingerprint density at radius 3 is 2.63 bits per heavy atom. The Kier molecular flexibility index (Phi) is 9.61. The van der Waals surface area contributed by atoms with Crippen LogP contribution in [0.3, 0.4) is 0 Å². The summed E-state index contributed by atoms with van der Waals surface area (Å²) in [6, 6.07) is 6.53. The van der Waals surface area contributed by atoms with Gasteiger partial charge in [0, 0.05) is 37.5 Å². The van der Waals surface area contributed by atoms with Crippen molar-refractivity contribution in [3.05, 3.63) is 35.6 Å². The van der Waals surface area contributed by atoms with Crippen molar-refractivity contribution in [3.8, 4) is 0 Å². The van der Waals surface area contributed by atoms with Gasteiger partial charge < -0.3 is 15.4 Å². The van der Waals surface area contributed by atoms with Crippen LogP contribution in [-0.4, -0.2) is 67.3 Å². The van der Waals surface area contributed by atoms with Gasteiger partial charge in [-0.3, -0.25) is 4.90 Å². The summed E-state index contributed by atoms with van der Waals surface area (Å²) in [7, 11) is 0. The molecule has 152 valence electrons. The topological polar surface area (TPSA) is 48.9 Å². The molecule has 1 atom stereocenters. The smallest absolute Gasteiger partial charge is 0.191 e. The van der Waals surface area contributed by atoms with Gasteiger partial charge in [0.2, 0.25) is 0 Å². The summed E-state index contributed by atoms with van der Waals surface area (Å²) in [6.45, 7) is 7.96. The average molecular weight is 508 g/mol. The molecule has 2 aliphatic rings. The molecule has 0 aliphatic carbocycles. The third-order valence-electron chi connectivity index (χ3n) is 5.03. The first-order chi connectivity index (χ1) is 12.7. The first kappa shape index (κ1) is 22.7. The van der Waals surface area contributed by atoms with Crippen LogP contribution in [0.4, 0.5) is 4.39 Å². The second-order valence-corrected chi connectivity index (χ2v) is 7.91. The number of morpholine rings is 1. The lowest BCUT2D eigenvalue weighted by Crippen LogP contribution is -2.60. The minimum Gasteiger partial charge on any atom is -0.379 e. The van der Waals surface area contributed by atoms with Crippen molar-refractivity contribution in [1.82, 2.24) is 15.5 Å². The van der Waals surface area contributed by atoms with Crippen molar-refractivity contribution in [1.29, 1.82) is 0 Å². The number of guanidine groups is 1. The van der Waals surface area contributed by atoms with Crippen molar-refractivity contribution in [2.24, 2.45) is 4.99 Å². The Hall–Kier alpha value is -0.580. The fourth-order valence-corrected chi connectivity index (χ4v) is 4.96. The number of nitrogens with zero attached hydrogens (tertiary/aromatic N) is 2. The average Bonchev–Trinajstić information content (AvgIpc) is 3.16. The van der Waals surface area contributed by atoms with Crippen LogP contribution >= 0.6 is 35.7 Å². The fraction of sp³-hybridized carbons (Fsp3) is 0.632. The zero-order valence-electron chi connectivity index (χ0n) is 15.9. The van der Waals surface area contributed by atoms with Gasteiger partial charge in [0.1, 0.15) is 5.82 Å². The van der Waals surface area contributed by atoms with E-state index < -0.39 is 0 Å². The third kappa shape index (κ3) is 6.47. The maximum absolute atomic E-state index is 13.0. The molecule has 27 heavy (non-hydrogen) atoms. The molecule has 0 saturated carbocycles. The number of aliphatic imine (C=N–C) groups is 1. The molecule has 0 spiro atoms. The first-order valence-corrected chi connectivity index (χ1v) is 10.5. The number of hydrogen-bond acceptors (Lipinski definition) is 4. The molecule has 0 bridgehead atoms. The minimum absolute atomic E-state index is 0. The summed E-state index contributed by atoms with van der Waals surface area (Å²) in [6.07, 6.45) is 1.20. The van der Waals surface area contributed by atoms with Gasteiger partial charge in [-0.05, 0) is 36.8 Å². The molecular weight excluding hydrogens is 478 g/mol. The standard InChI is InChI=1S/C19H29FN4OS.HI/c1-2-21-18(22-13-16-3-5-17(20)6-4-16)23-14-19(7-12-26-15-19)24-8-10-25-11-9-24;/h3-6H,2,7-15H2,1H3,(H2,21,22,23);1H. The minimum atomic E-state index is -0.214. The van der Waals surface area contributed by atoms with Crippen molar-refractivity contribution >= 4 is 41.7 Å². The molecule has 1 aromatic carbocycles. The zero-order chi connectivity index (χ0) is 18.2. The Morgan fingerprint density at radius 2 is 2.00 bits per heavy atom. The second kappa shape index (κ2) is 11.4. The molecular formula is C19H30FIN4OS. The fourth-order valence-electron chi connectivity index (χ4n) is 3.48. The van der Waals surface area contributed by atoms with Crippen LogP contribution in [0, 0.1) is 5.82 Å². The van der Waals surface area contributed by atoms with E-state index in [9.17, 15) is 4.39 Å². The SMILES string of the molecule is CCNC(=NCc1ccc(F)cc1)NCC1(N2CCOCC2)CCSC1.I. The van der Waals surface area contributed by atoms with Gasteiger partial charge in [-0.15, -0.1) is 24.0 Å². The van der Waals surface area contributed by atoms with Crippen LogP contribution in [0.5, 0.6) is 0 Å². The summed E-state index contributed by atoms with van der Waals surface area (Å²) in [4.78, 5) is 7.26. The summed E-state index contributed by atoms with van der Waals surface area (Å²) in [5, 5.41) is 6.87. The van der Waals surface area contributed by atoms with Crippen LogP contribution < -0.4 is 10.6 Å². The molecule has 0 aromatic heterocycles. The second-order valence-electron chi connectivity index (χ2n) is 6.80. The number of ether oxygens (including phenoxy) is 1. The van der Waals surface area contributed by atoms with Crippen molar-refractivity contribution in [2.45, 2.75) is 25.4 Å². The molecule has 2 N–H and O–H groups in total. The summed E-state index contributed by atoms with van der Waals surface area (Å²) >= 11 is 2.03. The van der Waals surface area contributed by atoms with Crippen molar-refractivity contribution < 1.29 is 9.13 Å². The molecule has 2 saturated heterocycles. The summed E-state index contributed by atoms with van der Waals surface area (Å²) in [5.74, 6) is 2.97. The predicted molar refractivity (Wildman–Crippen MR) is 122 cm³/mol. The highest BCUT2D eigenvalue weighted by Crippen LogP contribution is 2.33. The van der Waals surface area contributed by atoms with E-state index in [1.807, 2.05) is 11.8 Å². The first-order valence-electron chi connectivity index (χ1n) is 9.39. The molecule has 8 heteroatoms. The lowest BCUT2D eigenvalue weighted by Gasteiger charge is -2.43. The van der Waals surface area contributed by atoms with E-state index in [0.717, 1.165) is 56.7 Å². The van der Waals surface area contributed by atoms with Gasteiger partial charge >= 0.3 is 0 Å². The molecule has 2 fully saturated rings. The quantitative estimate of drug-likeness (QED) is 0.352. The Labute approximate surface area is 182 Å². The largest absolute Gasteiger partial charge is 0.379 e. The Morgan fingerprint density at radius 1 is 1.26 bits per heavy atom. The number of benzene rings is 1. The lowest BCUT2D eigenvalue weighted by molar-refractivity contribution is -0.0120. The van der Waals surface area contributed by atoms with Crippen LogP contribution in [-0.2, 0) is 11.3 Å². The van der Waals surface area contributed by atoms with Crippen LogP contribution in [0.15, 0.2) is 29.3 Å². The molecule has 2 heterocycles. The maximum atomic E-state index is 13.0. The molecule has 3 rings (SSSR count). The highest BCUT2D eigenvalue weighted by molar-refractivity contribution is 14.0. The zero-order valence-corrected chi connectivity index (χ0v) is 19.0. The van der Waals surface area contributed by atoms with Crippen molar-refractivity contribution in [3.63, 3.8) is 0 Å². The van der Waals surface area contributed by atoms with Gasteiger partial charge in [-0.25, -0.2) is 9.38 Å². The van der Waals surface area contributed by atoms with Gasteiger partial charge in [-0.1, -0.05) is 12.1 Å². The van der Waals surface area contributed by atoms with Crippen molar-refractivity contribution in [2.75, 3.05) is 50.9 Å². The maximum Gasteiger partial charge on any atom is 0.191 e. The molecule has 0 amide bonds. The number of rotatable bonds is 6. The highest BCUT2D eigenvalue weighted by atomic mass is 127.